The maximum atomic E-state index is 12.8. The summed E-state index contributed by atoms with van der Waals surface area (Å²) in [6.07, 6.45) is 3.12. The van der Waals surface area contributed by atoms with Crippen LogP contribution < -0.4 is 9.62 Å². The van der Waals surface area contributed by atoms with Crippen molar-refractivity contribution in [2.45, 2.75) is 56.6 Å². The highest BCUT2D eigenvalue weighted by atomic mass is 32.2. The fourth-order valence-electron chi connectivity index (χ4n) is 4.29. The summed E-state index contributed by atoms with van der Waals surface area (Å²) in [4.78, 5) is 15.1. The minimum atomic E-state index is -3.81. The van der Waals surface area contributed by atoms with Crippen molar-refractivity contribution < 1.29 is 18.4 Å². The van der Waals surface area contributed by atoms with Crippen LogP contribution in [0.3, 0.4) is 0 Å². The van der Waals surface area contributed by atoms with E-state index in [1.54, 1.807) is 13.0 Å². The van der Waals surface area contributed by atoms with Crippen LogP contribution in [0.1, 0.15) is 39.5 Å². The number of piperazine rings is 1. The SMILES string of the molecule is CC(O)CN1CCN(c2ccc(S(=O)(=O)NC3CCC(C)CC3)cc2[N+](=O)[O-])CC1. The van der Waals surface area contributed by atoms with Gasteiger partial charge in [0.1, 0.15) is 5.69 Å². The number of hydrogen-bond acceptors (Lipinski definition) is 7. The molecule has 2 aliphatic rings. The molecule has 1 aromatic rings. The first-order valence-corrected chi connectivity index (χ1v) is 12.1. The van der Waals surface area contributed by atoms with E-state index in [4.69, 9.17) is 0 Å². The van der Waals surface area contributed by atoms with Crippen molar-refractivity contribution in [2.75, 3.05) is 37.6 Å². The van der Waals surface area contributed by atoms with Crippen LogP contribution in [-0.2, 0) is 10.0 Å². The first-order chi connectivity index (χ1) is 14.2. The zero-order valence-electron chi connectivity index (χ0n) is 17.7. The van der Waals surface area contributed by atoms with Gasteiger partial charge in [0, 0.05) is 44.8 Å². The molecule has 1 aliphatic heterocycles. The van der Waals surface area contributed by atoms with Crippen molar-refractivity contribution >= 4 is 21.4 Å². The molecule has 0 aromatic heterocycles. The van der Waals surface area contributed by atoms with Crippen LogP contribution in [0, 0.1) is 16.0 Å². The van der Waals surface area contributed by atoms with E-state index in [9.17, 15) is 23.6 Å². The lowest BCUT2D eigenvalue weighted by Gasteiger charge is -2.36. The van der Waals surface area contributed by atoms with E-state index < -0.39 is 21.1 Å². The summed E-state index contributed by atoms with van der Waals surface area (Å²) in [5, 5.41) is 21.2. The molecule has 1 aromatic carbocycles. The fraction of sp³-hybridized carbons (Fsp3) is 0.700. The van der Waals surface area contributed by atoms with Gasteiger partial charge in [0.25, 0.3) is 5.69 Å². The lowest BCUT2D eigenvalue weighted by Crippen LogP contribution is -2.48. The molecule has 1 heterocycles. The minimum Gasteiger partial charge on any atom is -0.392 e. The molecule has 168 valence electrons. The second kappa shape index (κ2) is 9.59. The molecule has 2 fully saturated rings. The Labute approximate surface area is 178 Å². The summed E-state index contributed by atoms with van der Waals surface area (Å²) in [6.45, 7) is 7.00. The van der Waals surface area contributed by atoms with E-state index in [0.29, 0.717) is 44.3 Å². The monoisotopic (exact) mass is 440 g/mol. The number of nitro benzene ring substituents is 1. The summed E-state index contributed by atoms with van der Waals surface area (Å²) < 4.78 is 28.4. The Morgan fingerprint density at radius 1 is 1.20 bits per heavy atom. The Hall–Kier alpha value is -1.75. The number of hydrogen-bond donors (Lipinski definition) is 2. The zero-order chi connectivity index (χ0) is 21.9. The van der Waals surface area contributed by atoms with E-state index in [-0.39, 0.29) is 16.6 Å². The molecule has 30 heavy (non-hydrogen) atoms. The van der Waals surface area contributed by atoms with Crippen molar-refractivity contribution in [3.05, 3.63) is 28.3 Å². The largest absolute Gasteiger partial charge is 0.392 e. The van der Waals surface area contributed by atoms with Gasteiger partial charge in [0.05, 0.1) is 15.9 Å². The summed E-state index contributed by atoms with van der Waals surface area (Å²) in [7, 11) is -3.81. The maximum Gasteiger partial charge on any atom is 0.293 e. The highest BCUT2D eigenvalue weighted by Crippen LogP contribution is 2.32. The topological polar surface area (TPSA) is 116 Å². The minimum absolute atomic E-state index is 0.0655. The molecule has 0 spiro atoms. The van der Waals surface area contributed by atoms with Crippen molar-refractivity contribution in [1.29, 1.82) is 0 Å². The van der Waals surface area contributed by atoms with E-state index in [1.165, 1.54) is 12.1 Å². The second-order valence-corrected chi connectivity index (χ2v) is 10.3. The molecule has 2 N–H and O–H groups in total. The van der Waals surface area contributed by atoms with Gasteiger partial charge < -0.3 is 10.0 Å². The number of benzene rings is 1. The number of anilines is 1. The van der Waals surface area contributed by atoms with Crippen molar-refractivity contribution in [3.8, 4) is 0 Å². The Morgan fingerprint density at radius 2 is 1.83 bits per heavy atom. The Bertz CT molecular complexity index is 845. The van der Waals surface area contributed by atoms with Crippen LogP contribution in [-0.4, -0.2) is 68.2 Å². The molecule has 0 bridgehead atoms. The van der Waals surface area contributed by atoms with Crippen LogP contribution in [0.4, 0.5) is 11.4 Å². The smallest absolute Gasteiger partial charge is 0.293 e. The van der Waals surface area contributed by atoms with Gasteiger partial charge in [-0.3, -0.25) is 15.0 Å². The number of aliphatic hydroxyl groups excluding tert-OH is 1. The van der Waals surface area contributed by atoms with Gasteiger partial charge in [-0.15, -0.1) is 0 Å². The predicted molar refractivity (Wildman–Crippen MR) is 115 cm³/mol. The highest BCUT2D eigenvalue weighted by molar-refractivity contribution is 7.89. The third kappa shape index (κ3) is 5.69. The van der Waals surface area contributed by atoms with Gasteiger partial charge in [0.15, 0.2) is 0 Å². The number of β-amino-alcohol motifs (C(OH)–C–C–N with tert-alkyl or cyclic N) is 1. The Morgan fingerprint density at radius 3 is 2.40 bits per heavy atom. The molecule has 0 amide bonds. The lowest BCUT2D eigenvalue weighted by molar-refractivity contribution is -0.384. The van der Waals surface area contributed by atoms with Crippen molar-refractivity contribution in [2.24, 2.45) is 5.92 Å². The Kier molecular flexibility index (Phi) is 7.33. The predicted octanol–water partition coefficient (Wildman–Crippen LogP) is 1.95. The van der Waals surface area contributed by atoms with Crippen LogP contribution in [0.5, 0.6) is 0 Å². The second-order valence-electron chi connectivity index (χ2n) is 8.62. The number of aliphatic hydroxyl groups is 1. The van der Waals surface area contributed by atoms with Gasteiger partial charge in [-0.1, -0.05) is 6.92 Å². The normalized spacial score (nSPS) is 24.6. The fourth-order valence-corrected chi connectivity index (χ4v) is 5.62. The standard InChI is InChI=1S/C20H32N4O5S/c1-15-3-5-17(6-4-15)21-30(28,29)18-7-8-19(20(13-18)24(26)27)23-11-9-22(10-12-23)14-16(2)25/h7-8,13,15-17,21,25H,3-6,9-12,14H2,1-2H3. The molecular formula is C20H32N4O5S. The molecule has 1 saturated heterocycles. The number of nitrogens with zero attached hydrogens (tertiary/aromatic N) is 3. The summed E-state index contributed by atoms with van der Waals surface area (Å²) >= 11 is 0. The van der Waals surface area contributed by atoms with Crippen LogP contribution in [0.15, 0.2) is 23.1 Å². The molecule has 10 heteroatoms. The zero-order valence-corrected chi connectivity index (χ0v) is 18.5. The molecule has 1 atom stereocenters. The number of nitrogens with one attached hydrogen (secondary N) is 1. The Balaban J connectivity index is 1.74. The van der Waals surface area contributed by atoms with Crippen LogP contribution in [0.2, 0.25) is 0 Å². The molecule has 1 unspecified atom stereocenters. The molecule has 1 aliphatic carbocycles. The summed E-state index contributed by atoms with van der Waals surface area (Å²) in [5.74, 6) is 0.604. The van der Waals surface area contributed by atoms with Gasteiger partial charge in [-0.2, -0.15) is 0 Å². The third-order valence-corrected chi connectivity index (χ3v) is 7.55. The van der Waals surface area contributed by atoms with E-state index in [0.717, 1.165) is 25.7 Å². The molecular weight excluding hydrogens is 408 g/mol. The van der Waals surface area contributed by atoms with Gasteiger partial charge in [0.2, 0.25) is 10.0 Å². The van der Waals surface area contributed by atoms with Crippen molar-refractivity contribution in [3.63, 3.8) is 0 Å². The number of rotatable bonds is 7. The first-order valence-electron chi connectivity index (χ1n) is 10.6. The van der Waals surface area contributed by atoms with Crippen molar-refractivity contribution in [1.82, 2.24) is 9.62 Å². The quantitative estimate of drug-likeness (QED) is 0.492. The van der Waals surface area contributed by atoms with E-state index >= 15 is 0 Å². The van der Waals surface area contributed by atoms with E-state index in [2.05, 4.69) is 16.5 Å². The molecule has 3 rings (SSSR count). The third-order valence-electron chi connectivity index (χ3n) is 6.03. The first kappa shape index (κ1) is 22.9. The summed E-state index contributed by atoms with van der Waals surface area (Å²) in [6, 6.07) is 4.05. The number of nitro groups is 1. The average Bonchev–Trinajstić information content (AvgIpc) is 2.69. The number of sulfonamides is 1. The maximum absolute atomic E-state index is 12.8. The highest BCUT2D eigenvalue weighted by Gasteiger charge is 2.29. The molecule has 0 radical (unpaired) electrons. The lowest BCUT2D eigenvalue weighted by atomic mass is 9.88. The molecule has 9 nitrogen and oxygen atoms in total. The van der Waals surface area contributed by atoms with Crippen LogP contribution >= 0.6 is 0 Å². The van der Waals surface area contributed by atoms with Gasteiger partial charge >= 0.3 is 0 Å². The van der Waals surface area contributed by atoms with Gasteiger partial charge in [-0.25, -0.2) is 13.1 Å². The molecule has 1 saturated carbocycles. The summed E-state index contributed by atoms with van der Waals surface area (Å²) in [5.41, 5.74) is 0.237. The van der Waals surface area contributed by atoms with E-state index in [1.807, 2.05) is 4.90 Å². The van der Waals surface area contributed by atoms with Crippen LogP contribution in [0.25, 0.3) is 0 Å². The average molecular weight is 441 g/mol. The van der Waals surface area contributed by atoms with Gasteiger partial charge in [-0.05, 0) is 50.7 Å².